The summed E-state index contributed by atoms with van der Waals surface area (Å²) in [7, 11) is 1.82. The first-order valence-electron chi connectivity index (χ1n) is 9.53. The Morgan fingerprint density at radius 1 is 1.34 bits per heavy atom. The molecule has 10 heteroatoms. The highest BCUT2D eigenvalue weighted by Crippen LogP contribution is 2.31. The van der Waals surface area contributed by atoms with Crippen molar-refractivity contribution in [3.05, 3.63) is 29.6 Å². The SMILES string of the molecule is Cl.Cn1c(CN2CCCCC2CNC(=O)CCN)nc2cc(C(F)(F)F)ccc21. The molecule has 1 aromatic carbocycles. The molecule has 29 heavy (non-hydrogen) atoms. The maximum Gasteiger partial charge on any atom is 0.416 e. The van der Waals surface area contributed by atoms with Crippen molar-refractivity contribution < 1.29 is 18.0 Å². The Morgan fingerprint density at radius 2 is 2.10 bits per heavy atom. The topological polar surface area (TPSA) is 76.2 Å². The number of carbonyl (C=O) groups excluding carboxylic acids is 1. The molecule has 0 aliphatic carbocycles. The summed E-state index contributed by atoms with van der Waals surface area (Å²) in [5, 5.41) is 2.92. The third-order valence-corrected chi connectivity index (χ3v) is 5.30. The Labute approximate surface area is 174 Å². The van der Waals surface area contributed by atoms with E-state index in [9.17, 15) is 18.0 Å². The smallest absolute Gasteiger partial charge is 0.354 e. The zero-order chi connectivity index (χ0) is 20.3. The lowest BCUT2D eigenvalue weighted by atomic mass is 10.0. The van der Waals surface area contributed by atoms with E-state index in [1.165, 1.54) is 6.07 Å². The molecule has 0 bridgehead atoms. The molecule has 0 saturated carbocycles. The quantitative estimate of drug-likeness (QED) is 0.734. The van der Waals surface area contributed by atoms with Crippen LogP contribution in [0.5, 0.6) is 0 Å². The number of amides is 1. The molecule has 1 fully saturated rings. The van der Waals surface area contributed by atoms with Gasteiger partial charge in [0.25, 0.3) is 0 Å². The van der Waals surface area contributed by atoms with Crippen molar-refractivity contribution in [1.29, 1.82) is 0 Å². The molecular formula is C19H27ClF3N5O. The molecule has 3 N–H and O–H groups in total. The summed E-state index contributed by atoms with van der Waals surface area (Å²) < 4.78 is 40.7. The number of carbonyl (C=O) groups is 1. The monoisotopic (exact) mass is 433 g/mol. The zero-order valence-corrected chi connectivity index (χ0v) is 17.2. The number of aromatic nitrogens is 2. The number of benzene rings is 1. The largest absolute Gasteiger partial charge is 0.416 e. The van der Waals surface area contributed by atoms with Crippen molar-refractivity contribution in [2.45, 2.75) is 44.4 Å². The van der Waals surface area contributed by atoms with Gasteiger partial charge in [0.1, 0.15) is 5.82 Å². The molecule has 1 aliphatic rings. The lowest BCUT2D eigenvalue weighted by Crippen LogP contribution is -2.46. The van der Waals surface area contributed by atoms with E-state index in [-0.39, 0.29) is 24.4 Å². The number of nitrogens with zero attached hydrogens (tertiary/aromatic N) is 3. The molecule has 1 atom stereocenters. The summed E-state index contributed by atoms with van der Waals surface area (Å²) in [6.45, 7) is 2.26. The molecule has 3 rings (SSSR count). The summed E-state index contributed by atoms with van der Waals surface area (Å²) in [4.78, 5) is 18.4. The van der Waals surface area contributed by atoms with Gasteiger partial charge < -0.3 is 15.6 Å². The number of hydrogen-bond acceptors (Lipinski definition) is 4. The second kappa shape index (κ2) is 9.77. The zero-order valence-electron chi connectivity index (χ0n) is 16.3. The van der Waals surface area contributed by atoms with E-state index < -0.39 is 11.7 Å². The van der Waals surface area contributed by atoms with Crippen LogP contribution in [0, 0.1) is 0 Å². The van der Waals surface area contributed by atoms with E-state index in [1.54, 1.807) is 0 Å². The Hall–Kier alpha value is -1.84. The van der Waals surface area contributed by atoms with Crippen LogP contribution in [0.2, 0.25) is 0 Å². The van der Waals surface area contributed by atoms with E-state index in [2.05, 4.69) is 15.2 Å². The molecule has 1 saturated heterocycles. The average Bonchev–Trinajstić information content (AvgIpc) is 2.96. The fourth-order valence-electron chi connectivity index (χ4n) is 3.70. The highest BCUT2D eigenvalue weighted by Gasteiger charge is 2.31. The van der Waals surface area contributed by atoms with Crippen molar-refractivity contribution in [3.63, 3.8) is 0 Å². The number of nitrogens with one attached hydrogen (secondary N) is 1. The number of imidazole rings is 1. The Morgan fingerprint density at radius 3 is 2.79 bits per heavy atom. The molecule has 0 spiro atoms. The van der Waals surface area contributed by atoms with E-state index in [0.717, 1.165) is 43.8 Å². The third kappa shape index (κ3) is 5.61. The van der Waals surface area contributed by atoms with Crippen LogP contribution in [0.25, 0.3) is 11.0 Å². The molecule has 0 radical (unpaired) electrons. The molecule has 1 aromatic heterocycles. The minimum Gasteiger partial charge on any atom is -0.354 e. The van der Waals surface area contributed by atoms with Gasteiger partial charge in [-0.2, -0.15) is 13.2 Å². The van der Waals surface area contributed by atoms with Crippen LogP contribution in [0.3, 0.4) is 0 Å². The molecule has 1 amide bonds. The number of piperidine rings is 1. The normalized spacial score (nSPS) is 17.9. The first-order valence-corrected chi connectivity index (χ1v) is 9.53. The van der Waals surface area contributed by atoms with Gasteiger partial charge in [0.05, 0.1) is 23.1 Å². The van der Waals surface area contributed by atoms with Gasteiger partial charge in [0.2, 0.25) is 5.91 Å². The highest BCUT2D eigenvalue weighted by molar-refractivity contribution is 5.85. The summed E-state index contributed by atoms with van der Waals surface area (Å²) in [5.74, 6) is 0.657. The third-order valence-electron chi connectivity index (χ3n) is 5.30. The number of rotatable bonds is 6. The molecule has 1 unspecified atom stereocenters. The van der Waals surface area contributed by atoms with Crippen molar-refractivity contribution >= 4 is 29.3 Å². The van der Waals surface area contributed by atoms with E-state index in [1.807, 2.05) is 11.6 Å². The lowest BCUT2D eigenvalue weighted by molar-refractivity contribution is -0.137. The van der Waals surface area contributed by atoms with Crippen molar-refractivity contribution in [3.8, 4) is 0 Å². The van der Waals surface area contributed by atoms with Crippen LogP contribution in [0.4, 0.5) is 13.2 Å². The number of hydrogen-bond donors (Lipinski definition) is 2. The van der Waals surface area contributed by atoms with Gasteiger partial charge in [0, 0.05) is 32.6 Å². The fraction of sp³-hybridized carbons (Fsp3) is 0.579. The van der Waals surface area contributed by atoms with Gasteiger partial charge in [-0.25, -0.2) is 4.98 Å². The first kappa shape index (κ1) is 23.4. The summed E-state index contributed by atoms with van der Waals surface area (Å²) in [6.07, 6.45) is -0.976. The maximum atomic E-state index is 13.0. The van der Waals surface area contributed by atoms with Crippen molar-refractivity contribution in [2.75, 3.05) is 19.6 Å². The van der Waals surface area contributed by atoms with E-state index >= 15 is 0 Å². The van der Waals surface area contributed by atoms with Crippen LogP contribution in [-0.2, 0) is 24.6 Å². The minimum absolute atomic E-state index is 0. The van der Waals surface area contributed by atoms with E-state index in [0.29, 0.717) is 37.1 Å². The standard InChI is InChI=1S/C19H26F3N5O.ClH/c1-26-16-6-5-13(19(20,21)22)10-15(16)25-17(26)12-27-9-3-2-4-14(27)11-24-18(28)7-8-23;/h5-6,10,14H,2-4,7-9,11-12,23H2,1H3,(H,24,28);1H. The van der Waals surface area contributed by atoms with Crippen molar-refractivity contribution in [1.82, 2.24) is 19.8 Å². The van der Waals surface area contributed by atoms with Gasteiger partial charge in [-0.15, -0.1) is 12.4 Å². The highest BCUT2D eigenvalue weighted by atomic mass is 35.5. The molecule has 2 aromatic rings. The second-order valence-corrected chi connectivity index (χ2v) is 7.25. The molecule has 1 aliphatic heterocycles. The minimum atomic E-state index is -4.38. The molecule has 6 nitrogen and oxygen atoms in total. The maximum absolute atomic E-state index is 13.0. The number of likely N-dealkylation sites (tertiary alicyclic amines) is 1. The number of alkyl halides is 3. The van der Waals surface area contributed by atoms with Gasteiger partial charge in [-0.1, -0.05) is 6.42 Å². The number of fused-ring (bicyclic) bond motifs is 1. The van der Waals surface area contributed by atoms with Gasteiger partial charge in [-0.05, 0) is 37.6 Å². The second-order valence-electron chi connectivity index (χ2n) is 7.25. The van der Waals surface area contributed by atoms with Crippen molar-refractivity contribution in [2.24, 2.45) is 12.8 Å². The predicted molar refractivity (Wildman–Crippen MR) is 108 cm³/mol. The number of nitrogens with two attached hydrogens (primary N) is 1. The van der Waals surface area contributed by atoms with Crippen LogP contribution < -0.4 is 11.1 Å². The molecule has 162 valence electrons. The first-order chi connectivity index (χ1) is 13.3. The van der Waals surface area contributed by atoms with Crippen LogP contribution >= 0.6 is 12.4 Å². The predicted octanol–water partition coefficient (Wildman–Crippen LogP) is 2.83. The average molecular weight is 434 g/mol. The van der Waals surface area contributed by atoms with Gasteiger partial charge >= 0.3 is 6.18 Å². The Bertz CT molecular complexity index is 839. The van der Waals surface area contributed by atoms with Gasteiger partial charge in [-0.3, -0.25) is 9.69 Å². The fourth-order valence-corrected chi connectivity index (χ4v) is 3.70. The molecular weight excluding hydrogens is 407 g/mol. The summed E-state index contributed by atoms with van der Waals surface area (Å²) in [5.41, 5.74) is 5.73. The van der Waals surface area contributed by atoms with Crippen LogP contribution in [-0.4, -0.2) is 46.0 Å². The summed E-state index contributed by atoms with van der Waals surface area (Å²) in [6, 6.07) is 3.83. The summed E-state index contributed by atoms with van der Waals surface area (Å²) >= 11 is 0. The van der Waals surface area contributed by atoms with Crippen LogP contribution in [0.15, 0.2) is 18.2 Å². The number of halogens is 4. The Kier molecular flexibility index (Phi) is 7.90. The Balaban J connectivity index is 0.00000300. The van der Waals surface area contributed by atoms with Crippen LogP contribution in [0.1, 0.15) is 37.1 Å². The van der Waals surface area contributed by atoms with E-state index in [4.69, 9.17) is 5.73 Å². The molecule has 2 heterocycles. The van der Waals surface area contributed by atoms with Gasteiger partial charge in [0.15, 0.2) is 0 Å². The number of aryl methyl sites for hydroxylation is 1. The lowest BCUT2D eigenvalue weighted by Gasteiger charge is -2.35.